The van der Waals surface area contributed by atoms with Crippen LogP contribution in [-0.2, 0) is 0 Å². The Morgan fingerprint density at radius 2 is 1.60 bits per heavy atom. The van der Waals surface area contributed by atoms with Crippen LogP contribution in [0.15, 0.2) is 24.3 Å². The molecule has 2 radical (unpaired) electrons. The van der Waals surface area contributed by atoms with Crippen molar-refractivity contribution in [3.63, 3.8) is 0 Å². The molecule has 2 rings (SSSR count). The number of hydrogen-bond acceptors (Lipinski definition) is 2. The van der Waals surface area contributed by atoms with Crippen molar-refractivity contribution >= 4 is 7.25 Å². The van der Waals surface area contributed by atoms with Crippen LogP contribution in [0.1, 0.15) is 0 Å². The molecule has 0 saturated heterocycles. The zero-order valence-corrected chi connectivity index (χ0v) is 5.15. The van der Waals surface area contributed by atoms with Crippen LogP contribution >= 0.6 is 0 Å². The van der Waals surface area contributed by atoms with E-state index < -0.39 is 7.25 Å². The Morgan fingerprint density at radius 3 is 2.10 bits per heavy atom. The van der Waals surface area contributed by atoms with Crippen LogP contribution in [0, 0.1) is 0 Å². The van der Waals surface area contributed by atoms with E-state index in [1.54, 1.807) is 12.1 Å². The van der Waals surface area contributed by atoms with Crippen molar-refractivity contribution in [3.05, 3.63) is 24.3 Å². The summed E-state index contributed by atoms with van der Waals surface area (Å²) in [6, 6.07) is 7.12. The first kappa shape index (κ1) is 5.62. The molecule has 4 heteroatoms. The van der Waals surface area contributed by atoms with Crippen LogP contribution in [0.4, 0.5) is 0 Å². The average Bonchev–Trinajstić information content (AvgIpc) is 2.27. The molecule has 0 aliphatic carbocycles. The first-order valence-corrected chi connectivity index (χ1v) is 2.97. The molecular formula is C6H4BNO2. The molecule has 1 aliphatic rings. The van der Waals surface area contributed by atoms with Crippen LogP contribution in [0.3, 0.4) is 0 Å². The van der Waals surface area contributed by atoms with Crippen LogP contribution in [0.25, 0.3) is 0 Å². The normalized spacial score (nSPS) is 13.9. The Kier molecular flexibility index (Phi) is 1.08. The number of para-hydroxylation sites is 2. The summed E-state index contributed by atoms with van der Waals surface area (Å²) in [6.07, 6.45) is 0. The van der Waals surface area contributed by atoms with Crippen molar-refractivity contribution in [3.8, 4) is 11.5 Å². The van der Waals surface area contributed by atoms with Gasteiger partial charge in [0, 0.05) is 0 Å². The molecule has 48 valence electrons. The summed E-state index contributed by atoms with van der Waals surface area (Å²) in [5.74, 6) is 1.19. The third-order valence-electron chi connectivity index (χ3n) is 1.30. The van der Waals surface area contributed by atoms with Crippen molar-refractivity contribution in [2.45, 2.75) is 0 Å². The smallest absolute Gasteiger partial charge is 0.507 e. The van der Waals surface area contributed by atoms with Crippen molar-refractivity contribution in [2.24, 2.45) is 0 Å². The maximum absolute atomic E-state index is 8.81. The van der Waals surface area contributed by atoms with Gasteiger partial charge in [0.25, 0.3) is 0 Å². The fourth-order valence-electron chi connectivity index (χ4n) is 0.886. The minimum Gasteiger partial charge on any atom is -0.507 e. The minimum absolute atomic E-state index is 0.593. The van der Waals surface area contributed by atoms with E-state index in [1.165, 1.54) is 0 Å². The predicted molar refractivity (Wildman–Crippen MR) is 35.6 cm³/mol. The molecule has 0 atom stereocenters. The fourth-order valence-corrected chi connectivity index (χ4v) is 0.886. The predicted octanol–water partition coefficient (Wildman–Crippen LogP) is 0.511. The van der Waals surface area contributed by atoms with Crippen LogP contribution in [0.2, 0.25) is 0 Å². The van der Waals surface area contributed by atoms with Gasteiger partial charge >= 0.3 is 7.25 Å². The van der Waals surface area contributed by atoms with Gasteiger partial charge in [-0.2, -0.15) is 0 Å². The zero-order chi connectivity index (χ0) is 6.97. The van der Waals surface area contributed by atoms with Crippen LogP contribution in [-0.4, -0.2) is 7.25 Å². The van der Waals surface area contributed by atoms with Gasteiger partial charge in [0.05, 0.1) is 0 Å². The van der Waals surface area contributed by atoms with Crippen molar-refractivity contribution in [1.29, 1.82) is 0 Å². The van der Waals surface area contributed by atoms with Gasteiger partial charge in [0.15, 0.2) is 0 Å². The summed E-state index contributed by atoms with van der Waals surface area (Å²) in [4.78, 5) is 0. The molecule has 0 fully saturated rings. The molecule has 1 aliphatic heterocycles. The molecule has 1 aromatic carbocycles. The topological polar surface area (TPSA) is 40.8 Å². The number of fused-ring (bicyclic) bond motifs is 1. The highest BCUT2D eigenvalue weighted by molar-refractivity contribution is 6.43. The van der Waals surface area contributed by atoms with Gasteiger partial charge < -0.3 is 9.31 Å². The highest BCUT2D eigenvalue weighted by atomic mass is 16.6. The lowest BCUT2D eigenvalue weighted by Crippen LogP contribution is -2.25. The lowest BCUT2D eigenvalue weighted by molar-refractivity contribution is 0.498. The quantitative estimate of drug-likeness (QED) is 0.483. The van der Waals surface area contributed by atoms with Gasteiger partial charge in [-0.3, -0.25) is 0 Å². The number of hydrogen-bond donors (Lipinski definition) is 0. The molecule has 0 aromatic heterocycles. The van der Waals surface area contributed by atoms with E-state index in [0.717, 1.165) is 0 Å². The fraction of sp³-hybridized carbons (Fsp3) is 0. The highest BCUT2D eigenvalue weighted by Crippen LogP contribution is 2.31. The first-order chi connectivity index (χ1) is 4.86. The van der Waals surface area contributed by atoms with Gasteiger partial charge in [-0.25, -0.2) is 0 Å². The number of benzene rings is 1. The molecule has 0 amide bonds. The summed E-state index contributed by atoms with van der Waals surface area (Å²) in [7, 11) is -1.13. The molecule has 3 nitrogen and oxygen atoms in total. The Balaban J connectivity index is 2.42. The Morgan fingerprint density at radius 1 is 1.10 bits per heavy atom. The van der Waals surface area contributed by atoms with E-state index >= 15 is 0 Å². The number of nitrogens with zero attached hydrogens (tertiary/aromatic N) is 1. The number of rotatable bonds is 0. The van der Waals surface area contributed by atoms with Gasteiger partial charge in [0.1, 0.15) is 11.5 Å². The Bertz CT molecular complexity index is 228. The third-order valence-corrected chi connectivity index (χ3v) is 1.30. The van der Waals surface area contributed by atoms with Gasteiger partial charge in [-0.1, -0.05) is 12.1 Å². The van der Waals surface area contributed by atoms with Gasteiger partial charge in [0.2, 0.25) is 0 Å². The van der Waals surface area contributed by atoms with Gasteiger partial charge in [-0.15, -0.1) is 5.64 Å². The van der Waals surface area contributed by atoms with E-state index in [2.05, 4.69) is 0 Å². The third kappa shape index (κ3) is 0.734. The molecule has 1 heterocycles. The molecule has 0 spiro atoms. The van der Waals surface area contributed by atoms with E-state index in [4.69, 9.17) is 15.0 Å². The molecule has 0 saturated carbocycles. The molecular weight excluding hydrogens is 129 g/mol. The molecule has 1 aromatic rings. The van der Waals surface area contributed by atoms with Crippen LogP contribution < -0.4 is 15.0 Å². The summed E-state index contributed by atoms with van der Waals surface area (Å²) in [6.45, 7) is 0. The molecule has 10 heavy (non-hydrogen) atoms. The second kappa shape index (κ2) is 1.92. The van der Waals surface area contributed by atoms with Crippen molar-refractivity contribution in [1.82, 2.24) is 5.64 Å². The summed E-state index contributed by atoms with van der Waals surface area (Å²) in [5, 5.41) is 0. The lowest BCUT2D eigenvalue weighted by Gasteiger charge is -1.91. The summed E-state index contributed by atoms with van der Waals surface area (Å²) < 4.78 is 9.68. The lowest BCUT2D eigenvalue weighted by atomic mass is 10.2. The Hall–Kier alpha value is -1.16. The van der Waals surface area contributed by atoms with Crippen molar-refractivity contribution in [2.75, 3.05) is 0 Å². The zero-order valence-electron chi connectivity index (χ0n) is 5.15. The largest absolute Gasteiger partial charge is 0.732 e. The SMILES string of the molecule is [N]B1Oc2ccccc2O1. The maximum atomic E-state index is 8.81. The van der Waals surface area contributed by atoms with E-state index in [-0.39, 0.29) is 0 Å². The molecule has 0 unspecified atom stereocenters. The van der Waals surface area contributed by atoms with Gasteiger partial charge in [-0.05, 0) is 12.1 Å². The molecule has 0 N–H and O–H groups in total. The highest BCUT2D eigenvalue weighted by Gasteiger charge is 2.29. The van der Waals surface area contributed by atoms with Crippen LogP contribution in [0.5, 0.6) is 11.5 Å². The van der Waals surface area contributed by atoms with E-state index in [0.29, 0.717) is 11.5 Å². The monoisotopic (exact) mass is 133 g/mol. The Labute approximate surface area is 58.9 Å². The van der Waals surface area contributed by atoms with Crippen molar-refractivity contribution < 1.29 is 9.31 Å². The second-order valence-electron chi connectivity index (χ2n) is 1.99. The average molecular weight is 133 g/mol. The summed E-state index contributed by atoms with van der Waals surface area (Å²) in [5.41, 5.74) is 8.81. The minimum atomic E-state index is -1.13. The van der Waals surface area contributed by atoms with E-state index in [1.807, 2.05) is 12.1 Å². The maximum Gasteiger partial charge on any atom is 0.732 e. The summed E-state index contributed by atoms with van der Waals surface area (Å²) >= 11 is 0. The molecule has 0 bridgehead atoms. The second-order valence-corrected chi connectivity index (χ2v) is 1.99. The standard InChI is InChI=1S/C6H4BNO2/c8-7-9-5-3-1-2-4-6(5)10-7/h1-4H. The first-order valence-electron chi connectivity index (χ1n) is 2.97. The van der Waals surface area contributed by atoms with E-state index in [9.17, 15) is 0 Å².